The number of aromatic hydroxyl groups is 1. The molecule has 0 bridgehead atoms. The molecule has 0 heterocycles. The van der Waals surface area contributed by atoms with Crippen LogP contribution < -0.4 is 10.1 Å². The second-order valence-electron chi connectivity index (χ2n) is 5.32. The zero-order valence-corrected chi connectivity index (χ0v) is 12.7. The highest BCUT2D eigenvalue weighted by Crippen LogP contribution is 2.13. The van der Waals surface area contributed by atoms with Crippen molar-refractivity contribution in [2.45, 2.75) is 25.8 Å². The van der Waals surface area contributed by atoms with Crippen LogP contribution in [0.1, 0.15) is 18.1 Å². The number of nitrogens with one attached hydrogen (secondary N) is 1. The zero-order chi connectivity index (χ0) is 15.1. The predicted octanol–water partition coefficient (Wildman–Crippen LogP) is 3.16. The van der Waals surface area contributed by atoms with Gasteiger partial charge in [-0.1, -0.05) is 24.3 Å². The summed E-state index contributed by atoms with van der Waals surface area (Å²) in [6.07, 6.45) is 1.97. The molecular weight excluding hydrogens is 262 g/mol. The minimum atomic E-state index is 0.319. The first kappa shape index (κ1) is 15.4. The van der Waals surface area contributed by atoms with Crippen LogP contribution in [-0.2, 0) is 12.8 Å². The van der Waals surface area contributed by atoms with Crippen molar-refractivity contribution in [2.24, 2.45) is 0 Å². The van der Waals surface area contributed by atoms with Crippen LogP contribution in [0.2, 0.25) is 0 Å². The summed E-state index contributed by atoms with van der Waals surface area (Å²) in [6.45, 7) is 3.13. The van der Waals surface area contributed by atoms with E-state index in [0.717, 1.165) is 25.1 Å². The van der Waals surface area contributed by atoms with Crippen molar-refractivity contribution in [3.63, 3.8) is 0 Å². The lowest BCUT2D eigenvalue weighted by molar-refractivity contribution is 0.414. The third-order valence-corrected chi connectivity index (χ3v) is 3.54. The minimum Gasteiger partial charge on any atom is -0.508 e. The smallest absolute Gasteiger partial charge is 0.118 e. The van der Waals surface area contributed by atoms with Crippen LogP contribution in [0.15, 0.2) is 48.5 Å². The van der Waals surface area contributed by atoms with E-state index < -0.39 is 0 Å². The van der Waals surface area contributed by atoms with Crippen molar-refractivity contribution < 1.29 is 9.84 Å². The van der Waals surface area contributed by atoms with Crippen molar-refractivity contribution in [3.8, 4) is 11.5 Å². The fraction of sp³-hybridized carbons (Fsp3) is 0.333. The number of methoxy groups -OCH3 is 1. The molecule has 21 heavy (non-hydrogen) atoms. The monoisotopic (exact) mass is 285 g/mol. The van der Waals surface area contributed by atoms with Gasteiger partial charge in [-0.25, -0.2) is 0 Å². The normalized spacial score (nSPS) is 12.1. The van der Waals surface area contributed by atoms with Gasteiger partial charge in [0.05, 0.1) is 7.11 Å². The molecule has 0 radical (unpaired) electrons. The third kappa shape index (κ3) is 5.12. The van der Waals surface area contributed by atoms with Crippen LogP contribution in [0, 0.1) is 0 Å². The summed E-state index contributed by atoms with van der Waals surface area (Å²) in [5.41, 5.74) is 2.54. The lowest BCUT2D eigenvalue weighted by Gasteiger charge is -2.14. The topological polar surface area (TPSA) is 41.5 Å². The number of ether oxygens (including phenoxy) is 1. The van der Waals surface area contributed by atoms with Gasteiger partial charge in [-0.15, -0.1) is 0 Å². The molecule has 0 fully saturated rings. The van der Waals surface area contributed by atoms with Crippen molar-refractivity contribution in [1.29, 1.82) is 0 Å². The molecule has 1 unspecified atom stereocenters. The number of hydrogen-bond donors (Lipinski definition) is 2. The van der Waals surface area contributed by atoms with E-state index in [2.05, 4.69) is 24.4 Å². The Morgan fingerprint density at radius 2 is 1.62 bits per heavy atom. The average Bonchev–Trinajstić information content (AvgIpc) is 2.50. The van der Waals surface area contributed by atoms with Crippen molar-refractivity contribution in [1.82, 2.24) is 5.32 Å². The van der Waals surface area contributed by atoms with Gasteiger partial charge in [-0.3, -0.25) is 0 Å². The van der Waals surface area contributed by atoms with E-state index >= 15 is 0 Å². The molecule has 2 aromatic carbocycles. The first-order valence-electron chi connectivity index (χ1n) is 7.31. The molecule has 0 aliphatic carbocycles. The SMILES string of the molecule is COc1ccc(CC(C)NCCc2ccc(O)cc2)cc1. The fourth-order valence-electron chi connectivity index (χ4n) is 2.31. The standard InChI is InChI=1S/C18H23NO2/c1-14(13-16-5-9-18(21-2)10-6-16)19-12-11-15-3-7-17(20)8-4-15/h3-10,14,19-20H,11-13H2,1-2H3. The molecule has 0 saturated heterocycles. The highest BCUT2D eigenvalue weighted by Gasteiger charge is 2.03. The van der Waals surface area contributed by atoms with Gasteiger partial charge in [0, 0.05) is 6.04 Å². The second kappa shape index (κ2) is 7.70. The van der Waals surface area contributed by atoms with Crippen LogP contribution in [0.3, 0.4) is 0 Å². The maximum atomic E-state index is 9.25. The minimum absolute atomic E-state index is 0.319. The second-order valence-corrected chi connectivity index (χ2v) is 5.32. The van der Waals surface area contributed by atoms with Gasteiger partial charge in [0.15, 0.2) is 0 Å². The molecule has 2 N–H and O–H groups in total. The van der Waals surface area contributed by atoms with Crippen LogP contribution in [0.4, 0.5) is 0 Å². The lowest BCUT2D eigenvalue weighted by atomic mass is 10.1. The number of phenols is 1. The molecule has 0 aromatic heterocycles. The molecule has 3 nitrogen and oxygen atoms in total. The number of hydrogen-bond acceptors (Lipinski definition) is 3. The summed E-state index contributed by atoms with van der Waals surface area (Å²) < 4.78 is 5.16. The van der Waals surface area contributed by atoms with E-state index in [9.17, 15) is 5.11 Å². The summed E-state index contributed by atoms with van der Waals surface area (Å²) in [6, 6.07) is 16.0. The van der Waals surface area contributed by atoms with Crippen LogP contribution in [-0.4, -0.2) is 24.8 Å². The molecule has 112 valence electrons. The van der Waals surface area contributed by atoms with E-state index in [1.807, 2.05) is 24.3 Å². The Kier molecular flexibility index (Phi) is 5.64. The van der Waals surface area contributed by atoms with E-state index in [1.54, 1.807) is 19.2 Å². The first-order valence-corrected chi connectivity index (χ1v) is 7.31. The molecule has 2 rings (SSSR count). The quantitative estimate of drug-likeness (QED) is 0.821. The summed E-state index contributed by atoms with van der Waals surface area (Å²) in [5.74, 6) is 1.21. The van der Waals surface area contributed by atoms with Crippen molar-refractivity contribution in [3.05, 3.63) is 59.7 Å². The van der Waals surface area contributed by atoms with Crippen molar-refractivity contribution >= 4 is 0 Å². The van der Waals surface area contributed by atoms with Gasteiger partial charge in [-0.05, 0) is 61.7 Å². The van der Waals surface area contributed by atoms with Gasteiger partial charge < -0.3 is 15.2 Å². The van der Waals surface area contributed by atoms with Crippen molar-refractivity contribution in [2.75, 3.05) is 13.7 Å². The van der Waals surface area contributed by atoms with E-state index in [1.165, 1.54) is 11.1 Å². The molecule has 0 aliphatic rings. The summed E-state index contributed by atoms with van der Waals surface area (Å²) in [7, 11) is 1.68. The average molecular weight is 285 g/mol. The van der Waals surface area contributed by atoms with Gasteiger partial charge >= 0.3 is 0 Å². The zero-order valence-electron chi connectivity index (χ0n) is 12.7. The Labute approximate surface area is 126 Å². The van der Waals surface area contributed by atoms with Crippen LogP contribution in [0.5, 0.6) is 11.5 Å². The van der Waals surface area contributed by atoms with Crippen LogP contribution >= 0.6 is 0 Å². The Bertz CT molecular complexity index is 534. The Morgan fingerprint density at radius 1 is 1.00 bits per heavy atom. The van der Waals surface area contributed by atoms with E-state index in [0.29, 0.717) is 11.8 Å². The third-order valence-electron chi connectivity index (χ3n) is 3.54. The van der Waals surface area contributed by atoms with Gasteiger partial charge in [0.2, 0.25) is 0 Å². The lowest BCUT2D eigenvalue weighted by Crippen LogP contribution is -2.29. The number of rotatable bonds is 7. The summed E-state index contributed by atoms with van der Waals surface area (Å²) in [4.78, 5) is 0. The predicted molar refractivity (Wildman–Crippen MR) is 86.0 cm³/mol. The number of benzene rings is 2. The number of phenolic OH excluding ortho intramolecular Hbond substituents is 1. The summed E-state index contributed by atoms with van der Waals surface area (Å²) >= 11 is 0. The maximum Gasteiger partial charge on any atom is 0.118 e. The Hall–Kier alpha value is -2.00. The first-order chi connectivity index (χ1) is 10.2. The molecule has 0 aliphatic heterocycles. The molecule has 2 aromatic rings. The molecule has 0 spiro atoms. The molecule has 1 atom stereocenters. The Morgan fingerprint density at radius 3 is 2.24 bits per heavy atom. The fourth-order valence-corrected chi connectivity index (χ4v) is 2.31. The van der Waals surface area contributed by atoms with E-state index in [-0.39, 0.29) is 0 Å². The molecule has 3 heteroatoms. The summed E-state index contributed by atoms with van der Waals surface area (Å²) in [5, 5.41) is 12.8. The maximum absolute atomic E-state index is 9.25. The van der Waals surface area contributed by atoms with Gasteiger partial charge in [0.25, 0.3) is 0 Å². The van der Waals surface area contributed by atoms with Gasteiger partial charge in [-0.2, -0.15) is 0 Å². The van der Waals surface area contributed by atoms with Crippen LogP contribution in [0.25, 0.3) is 0 Å². The van der Waals surface area contributed by atoms with E-state index in [4.69, 9.17) is 4.74 Å². The highest BCUT2D eigenvalue weighted by molar-refractivity contribution is 5.28. The largest absolute Gasteiger partial charge is 0.508 e. The molecule has 0 saturated carbocycles. The Balaban J connectivity index is 1.73. The molecular formula is C18H23NO2. The highest BCUT2D eigenvalue weighted by atomic mass is 16.5. The van der Waals surface area contributed by atoms with Gasteiger partial charge in [0.1, 0.15) is 11.5 Å². The molecule has 0 amide bonds.